The number of aromatic nitrogens is 1. The summed E-state index contributed by atoms with van der Waals surface area (Å²) in [6, 6.07) is 5.72. The zero-order valence-corrected chi connectivity index (χ0v) is 11.1. The van der Waals surface area contributed by atoms with Crippen LogP contribution in [-0.2, 0) is 6.42 Å². The number of thiophene rings is 1. The zero-order chi connectivity index (χ0) is 11.5. The Balaban J connectivity index is 2.18. The van der Waals surface area contributed by atoms with E-state index >= 15 is 0 Å². The van der Waals surface area contributed by atoms with E-state index in [1.807, 2.05) is 19.1 Å². The van der Waals surface area contributed by atoms with Crippen LogP contribution in [0.25, 0.3) is 0 Å². The molecule has 0 spiro atoms. The van der Waals surface area contributed by atoms with Crippen LogP contribution in [0, 0.1) is 6.92 Å². The summed E-state index contributed by atoms with van der Waals surface area (Å²) in [5, 5.41) is 0. The van der Waals surface area contributed by atoms with Gasteiger partial charge >= 0.3 is 0 Å². The van der Waals surface area contributed by atoms with Gasteiger partial charge in [-0.2, -0.15) is 0 Å². The van der Waals surface area contributed by atoms with E-state index < -0.39 is 0 Å². The molecule has 0 N–H and O–H groups in total. The summed E-state index contributed by atoms with van der Waals surface area (Å²) in [6.07, 6.45) is 3.84. The highest BCUT2D eigenvalue weighted by atomic mass is 79.9. The Morgan fingerprint density at radius 1 is 1.44 bits per heavy atom. The van der Waals surface area contributed by atoms with Crippen LogP contribution >= 0.6 is 27.3 Å². The quantitative estimate of drug-likeness (QED) is 0.809. The molecule has 0 unspecified atom stereocenters. The van der Waals surface area contributed by atoms with Crippen molar-refractivity contribution in [2.75, 3.05) is 0 Å². The molecule has 0 aliphatic carbocycles. The van der Waals surface area contributed by atoms with Gasteiger partial charge in [-0.15, -0.1) is 11.3 Å². The fourth-order valence-corrected chi connectivity index (χ4v) is 2.97. The summed E-state index contributed by atoms with van der Waals surface area (Å²) in [5.41, 5.74) is 1.70. The topological polar surface area (TPSA) is 30.0 Å². The first kappa shape index (κ1) is 11.5. The van der Waals surface area contributed by atoms with Crippen LogP contribution in [-0.4, -0.2) is 10.8 Å². The Labute approximate surface area is 106 Å². The van der Waals surface area contributed by atoms with E-state index in [-0.39, 0.29) is 5.78 Å². The maximum absolute atomic E-state index is 12.0. The van der Waals surface area contributed by atoms with Crippen molar-refractivity contribution < 1.29 is 4.79 Å². The van der Waals surface area contributed by atoms with Gasteiger partial charge in [0.15, 0.2) is 5.78 Å². The van der Waals surface area contributed by atoms with E-state index in [1.54, 1.807) is 29.8 Å². The lowest BCUT2D eigenvalue weighted by Gasteiger charge is -2.02. The Morgan fingerprint density at radius 3 is 2.88 bits per heavy atom. The summed E-state index contributed by atoms with van der Waals surface area (Å²) in [6.45, 7) is 1.91. The van der Waals surface area contributed by atoms with E-state index in [9.17, 15) is 4.79 Å². The van der Waals surface area contributed by atoms with Crippen molar-refractivity contribution in [3.05, 3.63) is 50.4 Å². The minimum atomic E-state index is 0.147. The predicted molar refractivity (Wildman–Crippen MR) is 69.0 cm³/mol. The average molecular weight is 296 g/mol. The third kappa shape index (κ3) is 2.57. The Kier molecular flexibility index (Phi) is 3.51. The SMILES string of the molecule is Cc1cnccc1C(=O)Cc1ccc(Br)s1. The molecule has 2 heterocycles. The molecule has 0 aliphatic heterocycles. The maximum Gasteiger partial charge on any atom is 0.168 e. The Morgan fingerprint density at radius 2 is 2.25 bits per heavy atom. The van der Waals surface area contributed by atoms with Crippen molar-refractivity contribution in [2.24, 2.45) is 0 Å². The van der Waals surface area contributed by atoms with Gasteiger partial charge in [0.1, 0.15) is 0 Å². The van der Waals surface area contributed by atoms with Gasteiger partial charge in [0.05, 0.1) is 3.79 Å². The fourth-order valence-electron chi connectivity index (χ4n) is 1.49. The first-order chi connectivity index (χ1) is 7.66. The summed E-state index contributed by atoms with van der Waals surface area (Å²) in [5.74, 6) is 0.147. The molecule has 2 rings (SSSR count). The number of halogens is 1. The number of pyridine rings is 1. The van der Waals surface area contributed by atoms with Crippen LogP contribution in [0.1, 0.15) is 20.8 Å². The van der Waals surface area contributed by atoms with Crippen LogP contribution in [0.3, 0.4) is 0 Å². The smallest absolute Gasteiger partial charge is 0.168 e. The largest absolute Gasteiger partial charge is 0.294 e. The van der Waals surface area contributed by atoms with Gasteiger partial charge in [-0.05, 0) is 46.6 Å². The summed E-state index contributed by atoms with van der Waals surface area (Å²) in [7, 11) is 0. The number of nitrogens with zero attached hydrogens (tertiary/aromatic N) is 1. The summed E-state index contributed by atoms with van der Waals surface area (Å²) < 4.78 is 1.06. The molecule has 0 fully saturated rings. The second kappa shape index (κ2) is 4.89. The van der Waals surface area contributed by atoms with Crippen LogP contribution in [0.5, 0.6) is 0 Å². The van der Waals surface area contributed by atoms with Gasteiger partial charge in [-0.3, -0.25) is 9.78 Å². The molecule has 0 amide bonds. The molecule has 82 valence electrons. The first-order valence-electron chi connectivity index (χ1n) is 4.85. The number of Topliss-reactive ketones (excluding diaryl/α,β-unsaturated/α-hetero) is 1. The highest BCUT2D eigenvalue weighted by molar-refractivity contribution is 9.11. The van der Waals surface area contributed by atoms with Crippen LogP contribution in [0.2, 0.25) is 0 Å². The van der Waals surface area contributed by atoms with E-state index in [4.69, 9.17) is 0 Å². The van der Waals surface area contributed by atoms with Crippen molar-refractivity contribution in [1.82, 2.24) is 4.98 Å². The maximum atomic E-state index is 12.0. The van der Waals surface area contributed by atoms with E-state index in [0.29, 0.717) is 6.42 Å². The van der Waals surface area contributed by atoms with Gasteiger partial charge in [0.25, 0.3) is 0 Å². The lowest BCUT2D eigenvalue weighted by molar-refractivity contribution is 0.0993. The van der Waals surface area contributed by atoms with Gasteiger partial charge in [-0.25, -0.2) is 0 Å². The lowest BCUT2D eigenvalue weighted by Crippen LogP contribution is -2.04. The van der Waals surface area contributed by atoms with Crippen molar-refractivity contribution in [3.8, 4) is 0 Å². The van der Waals surface area contributed by atoms with E-state index in [2.05, 4.69) is 20.9 Å². The fraction of sp³-hybridized carbons (Fsp3) is 0.167. The molecular weight excluding hydrogens is 286 g/mol. The van der Waals surface area contributed by atoms with Crippen molar-refractivity contribution in [2.45, 2.75) is 13.3 Å². The minimum Gasteiger partial charge on any atom is -0.294 e. The molecule has 2 aromatic rings. The predicted octanol–water partition coefficient (Wildman–Crippen LogP) is 3.64. The molecule has 2 aromatic heterocycles. The molecule has 0 radical (unpaired) electrons. The highest BCUT2D eigenvalue weighted by Gasteiger charge is 2.10. The second-order valence-corrected chi connectivity index (χ2v) is 6.04. The van der Waals surface area contributed by atoms with E-state index in [0.717, 1.165) is 19.8 Å². The minimum absolute atomic E-state index is 0.147. The summed E-state index contributed by atoms with van der Waals surface area (Å²) >= 11 is 4.99. The average Bonchev–Trinajstić information content (AvgIpc) is 2.64. The van der Waals surface area contributed by atoms with Crippen molar-refractivity contribution in [1.29, 1.82) is 0 Å². The van der Waals surface area contributed by atoms with Gasteiger partial charge in [0.2, 0.25) is 0 Å². The van der Waals surface area contributed by atoms with Crippen molar-refractivity contribution in [3.63, 3.8) is 0 Å². The highest BCUT2D eigenvalue weighted by Crippen LogP contribution is 2.23. The number of hydrogen-bond donors (Lipinski definition) is 0. The molecular formula is C12H10BrNOS. The van der Waals surface area contributed by atoms with Crippen LogP contribution in [0.15, 0.2) is 34.4 Å². The monoisotopic (exact) mass is 295 g/mol. The third-order valence-electron chi connectivity index (χ3n) is 2.28. The molecule has 2 nitrogen and oxygen atoms in total. The molecule has 4 heteroatoms. The summed E-state index contributed by atoms with van der Waals surface area (Å²) in [4.78, 5) is 17.1. The number of carbonyl (C=O) groups is 1. The Bertz CT molecular complexity index is 521. The number of ketones is 1. The molecule has 16 heavy (non-hydrogen) atoms. The van der Waals surface area contributed by atoms with Crippen LogP contribution in [0.4, 0.5) is 0 Å². The zero-order valence-electron chi connectivity index (χ0n) is 8.74. The van der Waals surface area contributed by atoms with Gasteiger partial charge in [0, 0.05) is 29.3 Å². The molecule has 0 bridgehead atoms. The van der Waals surface area contributed by atoms with Gasteiger partial charge < -0.3 is 0 Å². The van der Waals surface area contributed by atoms with Crippen molar-refractivity contribution >= 4 is 33.0 Å². The molecule has 0 aliphatic rings. The molecule has 0 atom stereocenters. The molecule has 0 aromatic carbocycles. The number of carbonyl (C=O) groups excluding carboxylic acids is 1. The molecule has 0 saturated carbocycles. The Hall–Kier alpha value is -1.000. The normalized spacial score (nSPS) is 10.4. The first-order valence-corrected chi connectivity index (χ1v) is 6.46. The van der Waals surface area contributed by atoms with E-state index in [1.165, 1.54) is 0 Å². The lowest BCUT2D eigenvalue weighted by atomic mass is 10.0. The standard InChI is InChI=1S/C12H10BrNOS/c1-8-7-14-5-4-10(8)11(15)6-9-2-3-12(13)16-9/h2-5,7H,6H2,1H3. The number of aryl methyl sites for hydroxylation is 1. The molecule has 0 saturated heterocycles. The van der Waals surface area contributed by atoms with Gasteiger partial charge in [-0.1, -0.05) is 0 Å². The third-order valence-corrected chi connectivity index (χ3v) is 3.91. The second-order valence-electron chi connectivity index (χ2n) is 3.50. The number of rotatable bonds is 3. The number of hydrogen-bond acceptors (Lipinski definition) is 3. The van der Waals surface area contributed by atoms with Crippen LogP contribution < -0.4 is 0 Å².